The SMILES string of the molecule is CCCCC1(C#C[Si](C)(C)C)C=CC(=O)CC1. The Morgan fingerprint density at radius 2 is 2.12 bits per heavy atom. The Labute approximate surface area is 107 Å². The number of rotatable bonds is 3. The minimum Gasteiger partial charge on any atom is -0.295 e. The lowest BCUT2D eigenvalue weighted by atomic mass is 9.76. The molecular formula is C15H24OSi. The number of ketones is 1. The summed E-state index contributed by atoms with van der Waals surface area (Å²) in [5.74, 6) is 3.76. The minimum atomic E-state index is -1.32. The van der Waals surface area contributed by atoms with Crippen LogP contribution in [-0.4, -0.2) is 13.9 Å². The fourth-order valence-corrected chi connectivity index (χ4v) is 2.57. The van der Waals surface area contributed by atoms with Crippen molar-refractivity contribution in [2.75, 3.05) is 0 Å². The van der Waals surface area contributed by atoms with Crippen LogP contribution in [0.2, 0.25) is 19.6 Å². The van der Waals surface area contributed by atoms with Gasteiger partial charge in [0.1, 0.15) is 8.07 Å². The van der Waals surface area contributed by atoms with E-state index in [1.54, 1.807) is 6.08 Å². The summed E-state index contributed by atoms with van der Waals surface area (Å²) in [6.45, 7) is 9.01. The van der Waals surface area contributed by atoms with Gasteiger partial charge >= 0.3 is 0 Å². The zero-order chi connectivity index (χ0) is 12.9. The van der Waals surface area contributed by atoms with Crippen molar-refractivity contribution >= 4 is 13.9 Å². The molecule has 0 saturated heterocycles. The molecule has 94 valence electrons. The van der Waals surface area contributed by atoms with Gasteiger partial charge in [0.2, 0.25) is 0 Å². The second-order valence-corrected chi connectivity index (χ2v) is 10.8. The Hall–Kier alpha value is -0.813. The van der Waals surface area contributed by atoms with E-state index in [-0.39, 0.29) is 11.2 Å². The highest BCUT2D eigenvalue weighted by molar-refractivity contribution is 6.83. The van der Waals surface area contributed by atoms with Crippen LogP contribution in [0.3, 0.4) is 0 Å². The lowest BCUT2D eigenvalue weighted by Crippen LogP contribution is -2.24. The van der Waals surface area contributed by atoms with E-state index in [0.29, 0.717) is 6.42 Å². The van der Waals surface area contributed by atoms with Gasteiger partial charge in [0.05, 0.1) is 0 Å². The maximum absolute atomic E-state index is 11.3. The third-order valence-electron chi connectivity index (χ3n) is 3.07. The fraction of sp³-hybridized carbons (Fsp3) is 0.667. The van der Waals surface area contributed by atoms with Crippen molar-refractivity contribution in [2.45, 2.75) is 58.7 Å². The van der Waals surface area contributed by atoms with Crippen LogP contribution in [0.4, 0.5) is 0 Å². The smallest absolute Gasteiger partial charge is 0.155 e. The van der Waals surface area contributed by atoms with Gasteiger partial charge in [-0.1, -0.05) is 51.4 Å². The molecule has 1 rings (SSSR count). The number of hydrogen-bond donors (Lipinski definition) is 0. The number of carbonyl (C=O) groups is 1. The molecule has 0 heterocycles. The van der Waals surface area contributed by atoms with E-state index in [9.17, 15) is 4.79 Å². The van der Waals surface area contributed by atoms with E-state index in [2.05, 4.69) is 44.1 Å². The summed E-state index contributed by atoms with van der Waals surface area (Å²) in [4.78, 5) is 11.3. The summed E-state index contributed by atoms with van der Waals surface area (Å²) in [5.41, 5.74) is 3.47. The van der Waals surface area contributed by atoms with Crippen LogP contribution in [0.15, 0.2) is 12.2 Å². The van der Waals surface area contributed by atoms with Gasteiger partial charge in [-0.25, -0.2) is 0 Å². The Morgan fingerprint density at radius 3 is 2.59 bits per heavy atom. The Balaban J connectivity index is 2.90. The molecule has 1 nitrogen and oxygen atoms in total. The van der Waals surface area contributed by atoms with Gasteiger partial charge in [0.25, 0.3) is 0 Å². The predicted molar refractivity (Wildman–Crippen MR) is 76.5 cm³/mol. The van der Waals surface area contributed by atoms with Crippen molar-refractivity contribution < 1.29 is 4.79 Å². The number of allylic oxidation sites excluding steroid dienone is 2. The van der Waals surface area contributed by atoms with Crippen molar-refractivity contribution in [2.24, 2.45) is 5.41 Å². The molecule has 17 heavy (non-hydrogen) atoms. The maximum Gasteiger partial charge on any atom is 0.155 e. The van der Waals surface area contributed by atoms with E-state index in [0.717, 1.165) is 12.8 Å². The summed E-state index contributed by atoms with van der Waals surface area (Å²) < 4.78 is 0. The summed E-state index contributed by atoms with van der Waals surface area (Å²) >= 11 is 0. The van der Waals surface area contributed by atoms with Crippen LogP contribution < -0.4 is 0 Å². The van der Waals surface area contributed by atoms with Crippen LogP contribution >= 0.6 is 0 Å². The largest absolute Gasteiger partial charge is 0.295 e. The number of unbranched alkanes of at least 4 members (excludes halogenated alkanes) is 1. The zero-order valence-corrected chi connectivity index (χ0v) is 12.6. The lowest BCUT2D eigenvalue weighted by Gasteiger charge is -2.28. The molecule has 0 saturated carbocycles. The van der Waals surface area contributed by atoms with Crippen molar-refractivity contribution in [1.29, 1.82) is 0 Å². The normalized spacial score (nSPS) is 24.4. The highest BCUT2D eigenvalue weighted by Gasteiger charge is 2.28. The molecule has 0 radical (unpaired) electrons. The summed E-state index contributed by atoms with van der Waals surface area (Å²) in [5, 5.41) is 0. The van der Waals surface area contributed by atoms with Gasteiger partial charge in [-0.05, 0) is 18.9 Å². The van der Waals surface area contributed by atoms with Crippen LogP contribution in [-0.2, 0) is 4.79 Å². The van der Waals surface area contributed by atoms with Crippen LogP contribution in [0.1, 0.15) is 39.0 Å². The summed E-state index contributed by atoms with van der Waals surface area (Å²) in [6, 6.07) is 0. The van der Waals surface area contributed by atoms with E-state index < -0.39 is 8.07 Å². The second-order valence-electron chi connectivity index (χ2n) is 6.06. The average molecular weight is 248 g/mol. The van der Waals surface area contributed by atoms with Gasteiger partial charge in [0, 0.05) is 11.8 Å². The molecule has 0 aromatic carbocycles. The minimum absolute atomic E-state index is 0.00972. The van der Waals surface area contributed by atoms with Crippen LogP contribution in [0, 0.1) is 16.9 Å². The standard InChI is InChI=1S/C15H24OSi/c1-5-6-9-15(12-13-17(2,3)4)10-7-14(16)8-11-15/h7,10H,5-6,8-9,11H2,1-4H3. The predicted octanol–water partition coefficient (Wildman–Crippen LogP) is 3.96. The van der Waals surface area contributed by atoms with Gasteiger partial charge in [0.15, 0.2) is 5.78 Å². The molecule has 0 aromatic heterocycles. The summed E-state index contributed by atoms with van der Waals surface area (Å²) in [6.07, 6.45) is 8.89. The first-order valence-electron chi connectivity index (χ1n) is 6.63. The van der Waals surface area contributed by atoms with Gasteiger partial charge in [-0.15, -0.1) is 5.54 Å². The maximum atomic E-state index is 11.3. The van der Waals surface area contributed by atoms with E-state index >= 15 is 0 Å². The highest BCUT2D eigenvalue weighted by Crippen LogP contribution is 2.34. The molecule has 0 N–H and O–H groups in total. The molecule has 2 heteroatoms. The molecule has 0 aromatic rings. The average Bonchev–Trinajstić information content (AvgIpc) is 2.26. The molecule has 1 aliphatic rings. The van der Waals surface area contributed by atoms with Gasteiger partial charge in [-0.2, -0.15) is 0 Å². The Kier molecular flexibility index (Phi) is 4.77. The van der Waals surface area contributed by atoms with Crippen molar-refractivity contribution in [3.63, 3.8) is 0 Å². The van der Waals surface area contributed by atoms with Crippen LogP contribution in [0.25, 0.3) is 0 Å². The monoisotopic (exact) mass is 248 g/mol. The van der Waals surface area contributed by atoms with E-state index in [4.69, 9.17) is 0 Å². The molecule has 0 bridgehead atoms. The Morgan fingerprint density at radius 1 is 1.41 bits per heavy atom. The second kappa shape index (κ2) is 5.69. The quantitative estimate of drug-likeness (QED) is 0.546. The number of hydrogen-bond acceptors (Lipinski definition) is 1. The third-order valence-corrected chi connectivity index (χ3v) is 3.94. The van der Waals surface area contributed by atoms with Crippen LogP contribution in [0.5, 0.6) is 0 Å². The Bertz CT molecular complexity index is 365. The molecule has 0 amide bonds. The van der Waals surface area contributed by atoms with E-state index in [1.165, 1.54) is 12.8 Å². The first kappa shape index (κ1) is 14.2. The molecular weight excluding hydrogens is 224 g/mol. The van der Waals surface area contributed by atoms with Gasteiger partial charge in [-0.3, -0.25) is 4.79 Å². The molecule has 0 aliphatic heterocycles. The molecule has 1 aliphatic carbocycles. The number of carbonyl (C=O) groups excluding carboxylic acids is 1. The molecule has 1 unspecified atom stereocenters. The lowest BCUT2D eigenvalue weighted by molar-refractivity contribution is -0.115. The fourth-order valence-electron chi connectivity index (χ4n) is 1.94. The van der Waals surface area contributed by atoms with Crippen molar-refractivity contribution in [3.05, 3.63) is 12.2 Å². The van der Waals surface area contributed by atoms with E-state index in [1.807, 2.05) is 0 Å². The van der Waals surface area contributed by atoms with Crippen molar-refractivity contribution in [1.82, 2.24) is 0 Å². The van der Waals surface area contributed by atoms with Crippen molar-refractivity contribution in [3.8, 4) is 11.5 Å². The first-order chi connectivity index (χ1) is 7.87. The summed E-state index contributed by atoms with van der Waals surface area (Å²) in [7, 11) is -1.32. The molecule has 0 spiro atoms. The third kappa shape index (κ3) is 4.91. The topological polar surface area (TPSA) is 17.1 Å². The molecule has 0 fully saturated rings. The zero-order valence-electron chi connectivity index (χ0n) is 11.6. The first-order valence-corrected chi connectivity index (χ1v) is 10.1. The van der Waals surface area contributed by atoms with Gasteiger partial charge < -0.3 is 0 Å². The molecule has 1 atom stereocenters. The highest BCUT2D eigenvalue weighted by atomic mass is 28.3.